The van der Waals surface area contributed by atoms with Crippen molar-refractivity contribution >= 4 is 75.5 Å². The first-order valence-electron chi connectivity index (χ1n) is 9.26. The third-order valence-corrected chi connectivity index (χ3v) is 5.32. The van der Waals surface area contributed by atoms with Crippen LogP contribution in [0.15, 0.2) is 36.4 Å². The molecule has 160 valence electrons. The molecule has 0 bridgehead atoms. The molecule has 2 N–H and O–H groups in total. The lowest BCUT2D eigenvalue weighted by molar-refractivity contribution is 0.415. The predicted molar refractivity (Wildman–Crippen MR) is 131 cm³/mol. The Kier molecular flexibility index (Phi) is 11.2. The maximum absolute atomic E-state index is 6.17. The normalized spacial score (nSPS) is 11.6. The van der Waals surface area contributed by atoms with E-state index in [-0.39, 0.29) is 24.8 Å². The van der Waals surface area contributed by atoms with Gasteiger partial charge in [-0.2, -0.15) is 0 Å². The number of rotatable bonds is 9. The molecule has 0 aliphatic heterocycles. The molecule has 0 aliphatic rings. The van der Waals surface area contributed by atoms with E-state index in [0.29, 0.717) is 16.9 Å². The molecule has 3 aromatic rings. The summed E-state index contributed by atoms with van der Waals surface area (Å²) >= 11 is 12.1. The van der Waals surface area contributed by atoms with Gasteiger partial charge in [0.15, 0.2) is 0 Å². The fourth-order valence-electron chi connectivity index (χ4n) is 3.13. The smallest absolute Gasteiger partial charge is 0.119 e. The second kappa shape index (κ2) is 12.5. The molecule has 0 fully saturated rings. The summed E-state index contributed by atoms with van der Waals surface area (Å²) < 4.78 is 5.40. The SMILES string of the molecule is CCC(CCl)NCCCNc1c2ccc(Cl)cc2nc2ccc(OC)cc12.Cl.Cl. The lowest BCUT2D eigenvalue weighted by Gasteiger charge is -2.16. The van der Waals surface area contributed by atoms with Gasteiger partial charge in [-0.3, -0.25) is 0 Å². The van der Waals surface area contributed by atoms with Gasteiger partial charge in [-0.25, -0.2) is 4.98 Å². The van der Waals surface area contributed by atoms with Gasteiger partial charge in [0.25, 0.3) is 0 Å². The molecule has 0 amide bonds. The van der Waals surface area contributed by atoms with Crippen LogP contribution in [0.5, 0.6) is 5.75 Å². The predicted octanol–water partition coefficient (Wildman–Crippen LogP) is 6.30. The Morgan fingerprint density at radius 3 is 2.52 bits per heavy atom. The van der Waals surface area contributed by atoms with Crippen LogP contribution in [0.4, 0.5) is 5.69 Å². The van der Waals surface area contributed by atoms with Crippen LogP contribution < -0.4 is 15.4 Å². The molecule has 0 aliphatic carbocycles. The number of nitrogens with zero attached hydrogens (tertiary/aromatic N) is 1. The average Bonchev–Trinajstić information content (AvgIpc) is 2.69. The number of hydrogen-bond acceptors (Lipinski definition) is 4. The summed E-state index contributed by atoms with van der Waals surface area (Å²) in [7, 11) is 1.68. The summed E-state index contributed by atoms with van der Waals surface area (Å²) in [6.07, 6.45) is 2.04. The van der Waals surface area contributed by atoms with Gasteiger partial charge < -0.3 is 15.4 Å². The number of aromatic nitrogens is 1. The van der Waals surface area contributed by atoms with Gasteiger partial charge in [0.2, 0.25) is 0 Å². The van der Waals surface area contributed by atoms with Crippen LogP contribution in [0, 0.1) is 0 Å². The molecule has 4 nitrogen and oxygen atoms in total. The lowest BCUT2D eigenvalue weighted by Crippen LogP contribution is -2.31. The van der Waals surface area contributed by atoms with Gasteiger partial charge in [-0.15, -0.1) is 36.4 Å². The van der Waals surface area contributed by atoms with E-state index in [1.54, 1.807) is 7.11 Å². The molecule has 1 unspecified atom stereocenters. The van der Waals surface area contributed by atoms with Crippen LogP contribution in [0.1, 0.15) is 19.8 Å². The molecule has 0 saturated heterocycles. The summed E-state index contributed by atoms with van der Waals surface area (Å²) in [6.45, 7) is 3.92. The Labute approximate surface area is 194 Å². The second-order valence-corrected chi connectivity index (χ2v) is 7.27. The van der Waals surface area contributed by atoms with Crippen molar-refractivity contribution < 1.29 is 4.74 Å². The minimum absolute atomic E-state index is 0. The fraction of sp³-hybridized carbons (Fsp3) is 0.381. The quantitative estimate of drug-likeness (QED) is 0.215. The Morgan fingerprint density at radius 2 is 1.83 bits per heavy atom. The zero-order valence-corrected chi connectivity index (χ0v) is 19.6. The summed E-state index contributed by atoms with van der Waals surface area (Å²) in [4.78, 5) is 4.76. The van der Waals surface area contributed by atoms with Crippen molar-refractivity contribution in [1.82, 2.24) is 10.3 Å². The van der Waals surface area contributed by atoms with E-state index in [4.69, 9.17) is 32.9 Å². The van der Waals surface area contributed by atoms with Crippen molar-refractivity contribution in [2.45, 2.75) is 25.8 Å². The Hall–Kier alpha value is -1.17. The average molecular weight is 479 g/mol. The standard InChI is InChI=1S/C21H25Cl2N3O.2ClH/c1-3-15(13-22)24-9-4-10-25-21-17-7-5-14(23)11-20(17)26-19-8-6-16(27-2)12-18(19)21;;/h5-8,11-12,15,24H,3-4,9-10,13H2,1-2H3,(H,25,26);2*1H. The number of alkyl halides is 1. The van der Waals surface area contributed by atoms with Gasteiger partial charge in [0.1, 0.15) is 5.75 Å². The number of halogens is 4. The lowest BCUT2D eigenvalue weighted by atomic mass is 10.1. The minimum Gasteiger partial charge on any atom is -0.497 e. The molecule has 2 aromatic carbocycles. The molecule has 0 spiro atoms. The Morgan fingerprint density at radius 1 is 1.03 bits per heavy atom. The monoisotopic (exact) mass is 477 g/mol. The Balaban J connectivity index is 0.00000210. The van der Waals surface area contributed by atoms with E-state index in [2.05, 4.69) is 17.6 Å². The number of methoxy groups -OCH3 is 1. The zero-order valence-electron chi connectivity index (χ0n) is 16.5. The van der Waals surface area contributed by atoms with E-state index in [1.165, 1.54) is 0 Å². The first kappa shape index (κ1) is 25.9. The molecular formula is C21H27Cl4N3O. The van der Waals surface area contributed by atoms with Crippen LogP contribution in [0.3, 0.4) is 0 Å². The highest BCUT2D eigenvalue weighted by Crippen LogP contribution is 2.34. The molecule has 3 rings (SSSR count). The van der Waals surface area contributed by atoms with E-state index in [9.17, 15) is 0 Å². The second-order valence-electron chi connectivity index (χ2n) is 6.53. The van der Waals surface area contributed by atoms with Crippen molar-refractivity contribution in [3.05, 3.63) is 41.4 Å². The highest BCUT2D eigenvalue weighted by molar-refractivity contribution is 6.31. The van der Waals surface area contributed by atoms with Crippen molar-refractivity contribution in [1.29, 1.82) is 0 Å². The maximum Gasteiger partial charge on any atom is 0.119 e. The number of ether oxygens (including phenoxy) is 1. The summed E-state index contributed by atoms with van der Waals surface area (Å²) in [6, 6.07) is 12.1. The molecular weight excluding hydrogens is 452 g/mol. The number of fused-ring (bicyclic) bond motifs is 2. The van der Waals surface area contributed by atoms with Crippen LogP contribution in [0.25, 0.3) is 21.8 Å². The first-order valence-corrected chi connectivity index (χ1v) is 10.2. The van der Waals surface area contributed by atoms with Crippen LogP contribution >= 0.6 is 48.0 Å². The van der Waals surface area contributed by atoms with Gasteiger partial charge in [-0.1, -0.05) is 18.5 Å². The third kappa shape index (κ3) is 6.40. The van der Waals surface area contributed by atoms with Gasteiger partial charge in [0.05, 0.1) is 23.8 Å². The number of pyridine rings is 1. The topological polar surface area (TPSA) is 46.2 Å². The molecule has 0 radical (unpaired) electrons. The van der Waals surface area contributed by atoms with Crippen molar-refractivity contribution in [3.63, 3.8) is 0 Å². The van der Waals surface area contributed by atoms with Gasteiger partial charge in [-0.05, 0) is 55.8 Å². The summed E-state index contributed by atoms with van der Waals surface area (Å²) in [5.74, 6) is 1.46. The fourth-order valence-corrected chi connectivity index (χ4v) is 3.62. The van der Waals surface area contributed by atoms with Gasteiger partial charge in [0, 0.05) is 34.3 Å². The summed E-state index contributed by atoms with van der Waals surface area (Å²) in [5, 5.41) is 9.87. The summed E-state index contributed by atoms with van der Waals surface area (Å²) in [5.41, 5.74) is 2.86. The van der Waals surface area contributed by atoms with Crippen molar-refractivity contribution in [3.8, 4) is 5.75 Å². The number of anilines is 1. The number of nitrogens with one attached hydrogen (secondary N) is 2. The van der Waals surface area contributed by atoms with Crippen LogP contribution in [-0.4, -0.2) is 37.1 Å². The van der Waals surface area contributed by atoms with Gasteiger partial charge >= 0.3 is 0 Å². The molecule has 29 heavy (non-hydrogen) atoms. The number of benzene rings is 2. The van der Waals surface area contributed by atoms with Crippen molar-refractivity contribution in [2.24, 2.45) is 0 Å². The van der Waals surface area contributed by atoms with Crippen LogP contribution in [-0.2, 0) is 0 Å². The molecule has 1 heterocycles. The highest BCUT2D eigenvalue weighted by atomic mass is 35.5. The van der Waals surface area contributed by atoms with Crippen molar-refractivity contribution in [2.75, 3.05) is 31.4 Å². The first-order chi connectivity index (χ1) is 13.2. The van der Waals surface area contributed by atoms with E-state index in [0.717, 1.165) is 59.2 Å². The maximum atomic E-state index is 6.17. The minimum atomic E-state index is 0. The molecule has 1 aromatic heterocycles. The van der Waals surface area contributed by atoms with E-state index >= 15 is 0 Å². The van der Waals surface area contributed by atoms with E-state index in [1.807, 2.05) is 36.4 Å². The Bertz CT molecular complexity index is 919. The highest BCUT2D eigenvalue weighted by Gasteiger charge is 2.11. The molecule has 8 heteroatoms. The number of hydrogen-bond donors (Lipinski definition) is 2. The largest absolute Gasteiger partial charge is 0.497 e. The van der Waals surface area contributed by atoms with E-state index < -0.39 is 0 Å². The van der Waals surface area contributed by atoms with Crippen LogP contribution in [0.2, 0.25) is 5.02 Å². The zero-order chi connectivity index (χ0) is 19.2. The molecule has 0 saturated carbocycles. The third-order valence-electron chi connectivity index (χ3n) is 4.71. The molecule has 1 atom stereocenters.